The maximum Gasteiger partial charge on any atom is 0.416 e. The van der Waals surface area contributed by atoms with Crippen LogP contribution >= 0.6 is 0 Å². The minimum absolute atomic E-state index is 0.0514. The van der Waals surface area contributed by atoms with Crippen molar-refractivity contribution in [1.29, 1.82) is 0 Å². The second-order valence-corrected chi connectivity index (χ2v) is 4.71. The molecule has 0 unspecified atom stereocenters. The van der Waals surface area contributed by atoms with Gasteiger partial charge in [0.05, 0.1) is 12.2 Å². The number of rotatable bonds is 3. The highest BCUT2D eigenvalue weighted by Crippen LogP contribution is 2.32. The normalized spacial score (nSPS) is 11.3. The van der Waals surface area contributed by atoms with Gasteiger partial charge in [-0.3, -0.25) is 9.59 Å². The summed E-state index contributed by atoms with van der Waals surface area (Å²) in [4.78, 5) is 23.0. The molecule has 2 aromatic carbocycles. The molecule has 122 valence electrons. The number of halogens is 3. The summed E-state index contributed by atoms with van der Waals surface area (Å²) in [6, 6.07) is 7.54. The summed E-state index contributed by atoms with van der Waals surface area (Å²) in [6.07, 6.45) is -4.42. The fourth-order valence-corrected chi connectivity index (χ4v) is 1.94. The van der Waals surface area contributed by atoms with E-state index in [-0.39, 0.29) is 18.8 Å². The van der Waals surface area contributed by atoms with Gasteiger partial charge in [-0.05, 0) is 35.0 Å². The number of carbonyl (C=O) groups is 2. The molecule has 23 heavy (non-hydrogen) atoms. The molecular formula is C15H13F3N2O3. The molecule has 0 radical (unpaired) electrons. The molecule has 2 amide bonds. The zero-order valence-corrected chi connectivity index (χ0v) is 11.8. The third-order valence-corrected chi connectivity index (χ3v) is 3.03. The summed E-state index contributed by atoms with van der Waals surface area (Å²) in [5.74, 6) is -1.84. The molecule has 0 saturated carbocycles. The van der Waals surface area contributed by atoms with E-state index in [0.29, 0.717) is 10.8 Å². The smallest absolute Gasteiger partial charge is 0.395 e. The van der Waals surface area contributed by atoms with Crippen molar-refractivity contribution in [2.24, 2.45) is 0 Å². The summed E-state index contributed by atoms with van der Waals surface area (Å²) in [5, 5.41) is 13.9. The quantitative estimate of drug-likeness (QED) is 0.754. The Bertz CT molecular complexity index is 744. The van der Waals surface area contributed by atoms with E-state index in [2.05, 4.69) is 10.6 Å². The summed E-state index contributed by atoms with van der Waals surface area (Å²) in [6.45, 7) is -0.347. The van der Waals surface area contributed by atoms with Crippen LogP contribution < -0.4 is 10.6 Å². The van der Waals surface area contributed by atoms with E-state index >= 15 is 0 Å². The number of aliphatic hydroxyl groups is 1. The van der Waals surface area contributed by atoms with Crippen molar-refractivity contribution in [2.45, 2.75) is 6.18 Å². The van der Waals surface area contributed by atoms with Crippen LogP contribution in [0.3, 0.4) is 0 Å². The zero-order valence-electron chi connectivity index (χ0n) is 11.8. The lowest BCUT2D eigenvalue weighted by Crippen LogP contribution is -2.36. The molecule has 0 aliphatic rings. The maximum atomic E-state index is 12.6. The number of hydrogen-bond donors (Lipinski definition) is 3. The van der Waals surface area contributed by atoms with Crippen LogP contribution in [0.2, 0.25) is 0 Å². The van der Waals surface area contributed by atoms with Crippen LogP contribution in [0.25, 0.3) is 10.8 Å². The zero-order chi connectivity index (χ0) is 17.0. The highest BCUT2D eigenvalue weighted by Gasteiger charge is 2.30. The lowest BCUT2D eigenvalue weighted by atomic mass is 10.1. The Morgan fingerprint density at radius 1 is 1.00 bits per heavy atom. The molecule has 0 saturated heterocycles. The fourth-order valence-electron chi connectivity index (χ4n) is 1.94. The molecule has 2 rings (SSSR count). The largest absolute Gasteiger partial charge is 0.416 e. The maximum absolute atomic E-state index is 12.6. The van der Waals surface area contributed by atoms with Crippen molar-refractivity contribution in [3.8, 4) is 0 Å². The second-order valence-electron chi connectivity index (χ2n) is 4.71. The van der Waals surface area contributed by atoms with Crippen molar-refractivity contribution in [3.05, 3.63) is 42.0 Å². The van der Waals surface area contributed by atoms with Gasteiger partial charge in [-0.25, -0.2) is 0 Å². The summed E-state index contributed by atoms with van der Waals surface area (Å²) < 4.78 is 37.9. The number of fused-ring (bicyclic) bond motifs is 1. The van der Waals surface area contributed by atoms with Gasteiger partial charge in [-0.1, -0.05) is 12.1 Å². The van der Waals surface area contributed by atoms with Crippen LogP contribution in [0.1, 0.15) is 5.56 Å². The first-order valence-electron chi connectivity index (χ1n) is 6.62. The summed E-state index contributed by atoms with van der Waals surface area (Å²) in [5.41, 5.74) is -0.480. The number of nitrogens with one attached hydrogen (secondary N) is 2. The van der Waals surface area contributed by atoms with E-state index < -0.39 is 23.6 Å². The first-order valence-corrected chi connectivity index (χ1v) is 6.62. The van der Waals surface area contributed by atoms with E-state index in [1.165, 1.54) is 24.3 Å². The molecule has 2 aromatic rings. The molecular weight excluding hydrogens is 313 g/mol. The molecule has 0 heterocycles. The average Bonchev–Trinajstić information content (AvgIpc) is 2.51. The highest BCUT2D eigenvalue weighted by molar-refractivity contribution is 6.39. The minimum Gasteiger partial charge on any atom is -0.395 e. The van der Waals surface area contributed by atoms with Gasteiger partial charge in [0.1, 0.15) is 0 Å². The van der Waals surface area contributed by atoms with E-state index in [0.717, 1.165) is 12.1 Å². The van der Waals surface area contributed by atoms with Crippen LogP contribution in [0.5, 0.6) is 0 Å². The Kier molecular flexibility index (Phi) is 4.85. The molecule has 0 aliphatic heterocycles. The Labute approximate surface area is 129 Å². The number of anilines is 1. The van der Waals surface area contributed by atoms with Gasteiger partial charge in [0, 0.05) is 12.2 Å². The lowest BCUT2D eigenvalue weighted by molar-refractivity contribution is -0.137. The van der Waals surface area contributed by atoms with Gasteiger partial charge in [0.25, 0.3) is 0 Å². The predicted octanol–water partition coefficient (Wildman–Crippen LogP) is 1.91. The summed E-state index contributed by atoms with van der Waals surface area (Å²) >= 11 is 0. The van der Waals surface area contributed by atoms with Crippen LogP contribution in [0.15, 0.2) is 36.4 Å². The predicted molar refractivity (Wildman–Crippen MR) is 77.7 cm³/mol. The van der Waals surface area contributed by atoms with Crippen molar-refractivity contribution < 1.29 is 27.9 Å². The Morgan fingerprint density at radius 3 is 2.30 bits per heavy atom. The molecule has 3 N–H and O–H groups in total. The minimum atomic E-state index is -4.42. The van der Waals surface area contributed by atoms with Gasteiger partial charge in [0.15, 0.2) is 0 Å². The van der Waals surface area contributed by atoms with Gasteiger partial charge in [-0.2, -0.15) is 13.2 Å². The third-order valence-electron chi connectivity index (χ3n) is 3.03. The van der Waals surface area contributed by atoms with Crippen LogP contribution in [0.4, 0.5) is 18.9 Å². The van der Waals surface area contributed by atoms with E-state index in [1.54, 1.807) is 0 Å². The number of aliphatic hydroxyl groups excluding tert-OH is 1. The van der Waals surface area contributed by atoms with Crippen LogP contribution in [0, 0.1) is 0 Å². The SMILES string of the molecule is O=C(NCCO)C(=O)Nc1ccc2cc(C(F)(F)F)ccc2c1. The van der Waals surface area contributed by atoms with Crippen molar-refractivity contribution in [2.75, 3.05) is 18.5 Å². The molecule has 0 spiro atoms. The van der Waals surface area contributed by atoms with Gasteiger partial charge < -0.3 is 15.7 Å². The number of amides is 2. The molecule has 0 atom stereocenters. The standard InChI is InChI=1S/C15H13F3N2O3/c16-15(17,18)11-3-1-10-8-12(4-2-9(10)7-11)20-14(23)13(22)19-5-6-21/h1-4,7-8,21H,5-6H2,(H,19,22)(H,20,23). The number of hydrogen-bond acceptors (Lipinski definition) is 3. The number of carbonyl (C=O) groups excluding carboxylic acids is 2. The van der Waals surface area contributed by atoms with Gasteiger partial charge >= 0.3 is 18.0 Å². The Balaban J connectivity index is 2.18. The van der Waals surface area contributed by atoms with Crippen molar-refractivity contribution >= 4 is 28.3 Å². The van der Waals surface area contributed by atoms with Crippen molar-refractivity contribution in [1.82, 2.24) is 5.32 Å². The fraction of sp³-hybridized carbons (Fsp3) is 0.200. The molecule has 0 fully saturated rings. The number of alkyl halides is 3. The second kappa shape index (κ2) is 6.66. The monoisotopic (exact) mass is 326 g/mol. The molecule has 0 aliphatic carbocycles. The van der Waals surface area contributed by atoms with E-state index in [9.17, 15) is 22.8 Å². The average molecular weight is 326 g/mol. The Hall–Kier alpha value is -2.61. The van der Waals surface area contributed by atoms with Gasteiger partial charge in [-0.15, -0.1) is 0 Å². The van der Waals surface area contributed by atoms with E-state index in [1.807, 2.05) is 0 Å². The third kappa shape index (κ3) is 4.19. The van der Waals surface area contributed by atoms with Crippen LogP contribution in [-0.4, -0.2) is 30.1 Å². The van der Waals surface area contributed by atoms with Crippen LogP contribution in [-0.2, 0) is 15.8 Å². The Morgan fingerprint density at radius 2 is 1.65 bits per heavy atom. The lowest BCUT2D eigenvalue weighted by Gasteiger charge is -2.09. The summed E-state index contributed by atoms with van der Waals surface area (Å²) in [7, 11) is 0. The molecule has 8 heteroatoms. The number of benzene rings is 2. The molecule has 0 bridgehead atoms. The molecule has 5 nitrogen and oxygen atoms in total. The van der Waals surface area contributed by atoms with Crippen molar-refractivity contribution in [3.63, 3.8) is 0 Å². The topological polar surface area (TPSA) is 78.4 Å². The van der Waals surface area contributed by atoms with E-state index in [4.69, 9.17) is 5.11 Å². The molecule has 0 aromatic heterocycles. The first kappa shape index (κ1) is 16.8. The first-order chi connectivity index (χ1) is 10.8. The van der Waals surface area contributed by atoms with Gasteiger partial charge in [0.2, 0.25) is 0 Å². The highest BCUT2D eigenvalue weighted by atomic mass is 19.4.